The number of anilines is 1. The van der Waals surface area contributed by atoms with Crippen molar-refractivity contribution < 1.29 is 4.79 Å². The number of para-hydroxylation sites is 1. The largest absolute Gasteiger partial charge is 0.336 e. The predicted octanol–water partition coefficient (Wildman–Crippen LogP) is 2.54. The average molecular weight is 325 g/mol. The molecule has 1 aromatic heterocycles. The summed E-state index contributed by atoms with van der Waals surface area (Å²) in [6.45, 7) is 0. The molecule has 0 atom stereocenters. The number of nitrogens with zero attached hydrogens (tertiary/aromatic N) is 3. The second-order valence-electron chi connectivity index (χ2n) is 4.83. The zero-order valence-corrected chi connectivity index (χ0v) is 13.0. The second-order valence-corrected chi connectivity index (χ2v) is 5.77. The number of carbonyl (C=O) groups is 1. The van der Waals surface area contributed by atoms with Crippen LogP contribution in [0.25, 0.3) is 0 Å². The molecule has 3 rings (SSSR count). The molecule has 23 heavy (non-hydrogen) atoms. The number of hydrogen-bond donors (Lipinski definition) is 2. The molecule has 116 valence electrons. The topological polar surface area (TPSA) is 85.8 Å². The van der Waals surface area contributed by atoms with Crippen molar-refractivity contribution >= 4 is 23.4 Å². The molecule has 0 unspecified atom stereocenters. The van der Waals surface area contributed by atoms with Crippen LogP contribution in [0.5, 0.6) is 0 Å². The van der Waals surface area contributed by atoms with E-state index in [0.717, 1.165) is 11.3 Å². The molecule has 1 amide bonds. The van der Waals surface area contributed by atoms with E-state index in [0.29, 0.717) is 16.5 Å². The molecule has 1 heterocycles. The molecule has 0 aliphatic rings. The van der Waals surface area contributed by atoms with Crippen molar-refractivity contribution in [2.75, 3.05) is 11.2 Å². The lowest BCUT2D eigenvalue weighted by molar-refractivity contribution is 0.102. The first kappa shape index (κ1) is 15.1. The summed E-state index contributed by atoms with van der Waals surface area (Å²) in [5.41, 5.74) is 2.47. The van der Waals surface area contributed by atoms with E-state index in [-0.39, 0.29) is 5.91 Å². The van der Waals surface area contributed by atoms with Gasteiger partial charge in [-0.2, -0.15) is 0 Å². The average Bonchev–Trinajstić information content (AvgIpc) is 2.99. The summed E-state index contributed by atoms with van der Waals surface area (Å²) in [5, 5.41) is 11.1. The fourth-order valence-corrected chi connectivity index (χ4v) is 2.75. The molecule has 3 N–H and O–H groups in total. The first-order valence-corrected chi connectivity index (χ1v) is 7.94. The Bertz CT molecular complexity index is 786. The molecule has 0 saturated heterocycles. The molecule has 6 nitrogen and oxygen atoms in total. The van der Waals surface area contributed by atoms with Crippen molar-refractivity contribution in [1.82, 2.24) is 14.9 Å². The van der Waals surface area contributed by atoms with E-state index in [1.807, 2.05) is 42.5 Å². The standard InChI is InChI=1S/C16H15N5OS/c17-21-11-18-20-16(21)23-10-12-6-8-13(9-7-12)15(22)19-14-4-2-1-3-5-14/h1-9,11H,10,17H2,(H,19,22). The quantitative estimate of drug-likeness (QED) is 0.556. The van der Waals surface area contributed by atoms with Gasteiger partial charge in [-0.1, -0.05) is 42.1 Å². The first-order chi connectivity index (χ1) is 11.2. The van der Waals surface area contributed by atoms with Crippen LogP contribution in [-0.2, 0) is 5.75 Å². The lowest BCUT2D eigenvalue weighted by Gasteiger charge is -2.06. The van der Waals surface area contributed by atoms with E-state index < -0.39 is 0 Å². The van der Waals surface area contributed by atoms with E-state index >= 15 is 0 Å². The van der Waals surface area contributed by atoms with Crippen LogP contribution in [-0.4, -0.2) is 20.8 Å². The third-order valence-electron chi connectivity index (χ3n) is 3.16. The predicted molar refractivity (Wildman–Crippen MR) is 90.6 cm³/mol. The van der Waals surface area contributed by atoms with Gasteiger partial charge in [0.1, 0.15) is 6.33 Å². The van der Waals surface area contributed by atoms with Crippen molar-refractivity contribution in [3.05, 3.63) is 72.1 Å². The lowest BCUT2D eigenvalue weighted by Crippen LogP contribution is -2.11. The van der Waals surface area contributed by atoms with Gasteiger partial charge in [-0.15, -0.1) is 10.2 Å². The fraction of sp³-hybridized carbons (Fsp3) is 0.0625. The Balaban J connectivity index is 1.60. The molecule has 0 aliphatic carbocycles. The number of nitrogens with one attached hydrogen (secondary N) is 1. The van der Waals surface area contributed by atoms with Crippen LogP contribution in [0.15, 0.2) is 66.1 Å². The Morgan fingerprint density at radius 1 is 1.13 bits per heavy atom. The van der Waals surface area contributed by atoms with E-state index in [4.69, 9.17) is 5.84 Å². The normalized spacial score (nSPS) is 10.4. The maximum Gasteiger partial charge on any atom is 0.255 e. The highest BCUT2D eigenvalue weighted by atomic mass is 32.2. The van der Waals surface area contributed by atoms with Crippen molar-refractivity contribution in [1.29, 1.82) is 0 Å². The maximum absolute atomic E-state index is 12.2. The van der Waals surface area contributed by atoms with Crippen LogP contribution < -0.4 is 11.2 Å². The van der Waals surface area contributed by atoms with Crippen LogP contribution >= 0.6 is 11.8 Å². The highest BCUT2D eigenvalue weighted by Crippen LogP contribution is 2.19. The van der Waals surface area contributed by atoms with Gasteiger partial charge in [-0.3, -0.25) is 4.79 Å². The highest BCUT2D eigenvalue weighted by Gasteiger charge is 2.07. The minimum Gasteiger partial charge on any atom is -0.336 e. The van der Waals surface area contributed by atoms with Crippen molar-refractivity contribution in [3.8, 4) is 0 Å². The number of nitrogen functional groups attached to an aromatic ring is 1. The van der Waals surface area contributed by atoms with Gasteiger partial charge in [0.15, 0.2) is 0 Å². The summed E-state index contributed by atoms with van der Waals surface area (Å²) in [7, 11) is 0. The summed E-state index contributed by atoms with van der Waals surface area (Å²) in [6, 6.07) is 16.8. The smallest absolute Gasteiger partial charge is 0.255 e. The zero-order valence-electron chi connectivity index (χ0n) is 12.2. The van der Waals surface area contributed by atoms with E-state index in [1.165, 1.54) is 22.8 Å². The molecule has 0 spiro atoms. The summed E-state index contributed by atoms with van der Waals surface area (Å²) >= 11 is 1.49. The fourth-order valence-electron chi connectivity index (χ4n) is 1.96. The van der Waals surface area contributed by atoms with Crippen LogP contribution in [0.2, 0.25) is 0 Å². The number of hydrogen-bond acceptors (Lipinski definition) is 5. The summed E-state index contributed by atoms with van der Waals surface area (Å²) in [6.07, 6.45) is 1.46. The van der Waals surface area contributed by atoms with Gasteiger partial charge in [0.25, 0.3) is 5.91 Å². The summed E-state index contributed by atoms with van der Waals surface area (Å²) in [5.74, 6) is 6.24. The molecule has 0 bridgehead atoms. The minimum atomic E-state index is -0.128. The minimum absolute atomic E-state index is 0.128. The van der Waals surface area contributed by atoms with Crippen LogP contribution in [0.4, 0.5) is 5.69 Å². The van der Waals surface area contributed by atoms with Gasteiger partial charge in [-0.05, 0) is 29.8 Å². The van der Waals surface area contributed by atoms with Crippen molar-refractivity contribution in [2.45, 2.75) is 10.9 Å². The van der Waals surface area contributed by atoms with Gasteiger partial charge in [0.05, 0.1) is 0 Å². The van der Waals surface area contributed by atoms with Gasteiger partial charge in [0, 0.05) is 17.0 Å². The van der Waals surface area contributed by atoms with Gasteiger partial charge < -0.3 is 11.2 Å². The highest BCUT2D eigenvalue weighted by molar-refractivity contribution is 7.98. The molecular weight excluding hydrogens is 310 g/mol. The number of aromatic nitrogens is 3. The third kappa shape index (κ3) is 3.89. The Morgan fingerprint density at radius 2 is 1.87 bits per heavy atom. The van der Waals surface area contributed by atoms with Crippen LogP contribution in [0, 0.1) is 0 Å². The number of rotatable bonds is 5. The second kappa shape index (κ2) is 6.97. The van der Waals surface area contributed by atoms with Crippen molar-refractivity contribution in [3.63, 3.8) is 0 Å². The Labute approximate surface area is 137 Å². The lowest BCUT2D eigenvalue weighted by atomic mass is 10.1. The number of benzene rings is 2. The molecule has 0 radical (unpaired) electrons. The summed E-state index contributed by atoms with van der Waals surface area (Å²) in [4.78, 5) is 12.2. The molecule has 2 aromatic carbocycles. The number of thioether (sulfide) groups is 1. The molecule has 0 saturated carbocycles. The van der Waals surface area contributed by atoms with Gasteiger partial charge >= 0.3 is 0 Å². The molecular formula is C16H15N5OS. The first-order valence-electron chi connectivity index (χ1n) is 6.95. The third-order valence-corrected chi connectivity index (χ3v) is 4.18. The van der Waals surface area contributed by atoms with E-state index in [9.17, 15) is 4.79 Å². The Morgan fingerprint density at radius 3 is 2.52 bits per heavy atom. The van der Waals surface area contributed by atoms with Gasteiger partial charge in [-0.25, -0.2) is 4.68 Å². The molecule has 3 aromatic rings. The van der Waals surface area contributed by atoms with Crippen LogP contribution in [0.1, 0.15) is 15.9 Å². The number of amides is 1. The van der Waals surface area contributed by atoms with E-state index in [2.05, 4.69) is 15.5 Å². The zero-order chi connectivity index (χ0) is 16.1. The molecule has 7 heteroatoms. The number of nitrogens with two attached hydrogens (primary N) is 1. The molecule has 0 fully saturated rings. The SMILES string of the molecule is Nn1cnnc1SCc1ccc(C(=O)Nc2ccccc2)cc1. The summed E-state index contributed by atoms with van der Waals surface area (Å²) < 4.78 is 1.38. The van der Waals surface area contributed by atoms with Gasteiger partial charge in [0.2, 0.25) is 5.16 Å². The Hall–Kier alpha value is -2.80. The maximum atomic E-state index is 12.2. The van der Waals surface area contributed by atoms with Crippen LogP contribution in [0.3, 0.4) is 0 Å². The molecule has 0 aliphatic heterocycles. The Kier molecular flexibility index (Phi) is 4.58. The monoisotopic (exact) mass is 325 g/mol. The number of carbonyl (C=O) groups excluding carboxylic acids is 1. The van der Waals surface area contributed by atoms with Crippen molar-refractivity contribution in [2.24, 2.45) is 0 Å². The van der Waals surface area contributed by atoms with E-state index in [1.54, 1.807) is 12.1 Å².